The van der Waals surface area contributed by atoms with E-state index >= 15 is 0 Å². The van der Waals surface area contributed by atoms with Crippen LogP contribution in [0.25, 0.3) is 0 Å². The average molecular weight is 234 g/mol. The van der Waals surface area contributed by atoms with E-state index in [-0.39, 0.29) is 0 Å². The lowest BCUT2D eigenvalue weighted by Gasteiger charge is -2.38. The number of piperazine rings is 1. The summed E-state index contributed by atoms with van der Waals surface area (Å²) in [5, 5.41) is 0. The van der Waals surface area contributed by atoms with Crippen LogP contribution >= 0.6 is 0 Å². The van der Waals surface area contributed by atoms with Crippen LogP contribution in [-0.2, 0) is 0 Å². The molecule has 0 spiro atoms. The number of hydrogen-bond acceptors (Lipinski definition) is 4. The van der Waals surface area contributed by atoms with Crippen molar-refractivity contribution in [3.63, 3.8) is 0 Å². The van der Waals surface area contributed by atoms with Gasteiger partial charge in [-0.15, -0.1) is 0 Å². The molecule has 4 nitrogen and oxygen atoms in total. The minimum absolute atomic E-state index is 0.691. The first-order valence-corrected chi connectivity index (χ1v) is 6.41. The molecule has 0 amide bonds. The fourth-order valence-electron chi connectivity index (χ4n) is 2.23. The number of pyridine rings is 1. The number of nitrogen functional groups attached to an aromatic ring is 1. The summed E-state index contributed by atoms with van der Waals surface area (Å²) in [4.78, 5) is 9.26. The van der Waals surface area contributed by atoms with E-state index in [2.05, 4.69) is 28.6 Å². The quantitative estimate of drug-likeness (QED) is 0.862. The molecule has 2 N–H and O–H groups in total. The van der Waals surface area contributed by atoms with Crippen molar-refractivity contribution in [2.24, 2.45) is 0 Å². The molecule has 2 rings (SSSR count). The summed E-state index contributed by atoms with van der Waals surface area (Å²) >= 11 is 0. The van der Waals surface area contributed by atoms with Crippen molar-refractivity contribution in [1.29, 1.82) is 0 Å². The summed E-state index contributed by atoms with van der Waals surface area (Å²) in [6.07, 6.45) is 2.95. The van der Waals surface area contributed by atoms with Crippen LogP contribution in [0.1, 0.15) is 20.3 Å². The van der Waals surface area contributed by atoms with Gasteiger partial charge in [-0.2, -0.15) is 0 Å². The van der Waals surface area contributed by atoms with Crippen LogP contribution in [0.15, 0.2) is 18.3 Å². The lowest BCUT2D eigenvalue weighted by molar-refractivity contribution is 0.192. The van der Waals surface area contributed by atoms with E-state index in [4.69, 9.17) is 5.73 Å². The lowest BCUT2D eigenvalue weighted by atomic mass is 10.2. The molecule has 17 heavy (non-hydrogen) atoms. The van der Waals surface area contributed by atoms with E-state index in [1.165, 1.54) is 6.42 Å². The highest BCUT2D eigenvalue weighted by atomic mass is 15.3. The Morgan fingerprint density at radius 2 is 2.00 bits per heavy atom. The molecular weight excluding hydrogens is 212 g/mol. The fraction of sp³-hybridized carbons (Fsp3) is 0.615. The largest absolute Gasteiger partial charge is 0.397 e. The van der Waals surface area contributed by atoms with Crippen molar-refractivity contribution < 1.29 is 0 Å². The van der Waals surface area contributed by atoms with Crippen molar-refractivity contribution in [3.05, 3.63) is 18.3 Å². The second-order valence-electron chi connectivity index (χ2n) is 4.73. The first-order chi connectivity index (χ1) is 8.20. The van der Waals surface area contributed by atoms with Crippen molar-refractivity contribution >= 4 is 11.5 Å². The third-order valence-corrected chi connectivity index (χ3v) is 3.62. The topological polar surface area (TPSA) is 45.4 Å². The molecule has 1 aliphatic rings. The molecule has 1 atom stereocenters. The monoisotopic (exact) mass is 234 g/mol. The van der Waals surface area contributed by atoms with Gasteiger partial charge >= 0.3 is 0 Å². The van der Waals surface area contributed by atoms with Gasteiger partial charge in [0.05, 0.1) is 11.9 Å². The Labute approximate surface area is 103 Å². The minimum atomic E-state index is 0.691. The van der Waals surface area contributed by atoms with Crippen LogP contribution in [-0.4, -0.2) is 42.1 Å². The van der Waals surface area contributed by atoms with Gasteiger partial charge in [0.1, 0.15) is 5.82 Å². The molecule has 0 aromatic carbocycles. The number of nitrogens with zero attached hydrogens (tertiary/aromatic N) is 3. The van der Waals surface area contributed by atoms with E-state index < -0.39 is 0 Å². The molecule has 0 saturated carbocycles. The first-order valence-electron chi connectivity index (χ1n) is 6.41. The van der Waals surface area contributed by atoms with Gasteiger partial charge in [-0.3, -0.25) is 4.90 Å². The maximum absolute atomic E-state index is 5.65. The SMILES string of the molecule is CCC(C)N1CCN(c2ccc(N)cn2)CC1. The Kier molecular flexibility index (Phi) is 3.84. The maximum Gasteiger partial charge on any atom is 0.128 e. The maximum atomic E-state index is 5.65. The molecule has 1 aromatic heterocycles. The number of anilines is 2. The smallest absolute Gasteiger partial charge is 0.128 e. The molecule has 1 aliphatic heterocycles. The number of rotatable bonds is 3. The second-order valence-corrected chi connectivity index (χ2v) is 4.73. The number of aromatic nitrogens is 1. The summed E-state index contributed by atoms with van der Waals surface area (Å²) < 4.78 is 0. The van der Waals surface area contributed by atoms with Gasteiger partial charge in [0, 0.05) is 32.2 Å². The lowest BCUT2D eigenvalue weighted by Crippen LogP contribution is -2.49. The normalized spacial score (nSPS) is 19.3. The predicted molar refractivity (Wildman–Crippen MR) is 72.2 cm³/mol. The van der Waals surface area contributed by atoms with E-state index in [0.717, 1.165) is 37.7 Å². The van der Waals surface area contributed by atoms with E-state index in [1.54, 1.807) is 6.20 Å². The Balaban J connectivity index is 1.93. The van der Waals surface area contributed by atoms with Crippen LogP contribution in [0.4, 0.5) is 11.5 Å². The van der Waals surface area contributed by atoms with Crippen molar-refractivity contribution in [2.75, 3.05) is 36.8 Å². The molecule has 0 bridgehead atoms. The third-order valence-electron chi connectivity index (χ3n) is 3.62. The van der Waals surface area contributed by atoms with Gasteiger partial charge < -0.3 is 10.6 Å². The Morgan fingerprint density at radius 1 is 1.29 bits per heavy atom. The van der Waals surface area contributed by atoms with Crippen LogP contribution in [0.2, 0.25) is 0 Å². The third kappa shape index (κ3) is 2.88. The van der Waals surface area contributed by atoms with Gasteiger partial charge in [-0.1, -0.05) is 6.92 Å². The number of hydrogen-bond donors (Lipinski definition) is 1. The summed E-state index contributed by atoms with van der Waals surface area (Å²) in [6, 6.07) is 4.62. The molecule has 0 aliphatic carbocycles. The summed E-state index contributed by atoms with van der Waals surface area (Å²) in [5.74, 6) is 1.04. The standard InChI is InChI=1S/C13H22N4/c1-3-11(2)16-6-8-17(9-7-16)13-5-4-12(14)10-15-13/h4-5,10-11H,3,6-9,14H2,1-2H3. The molecule has 94 valence electrons. The van der Waals surface area contributed by atoms with Crippen molar-refractivity contribution in [2.45, 2.75) is 26.3 Å². The zero-order valence-corrected chi connectivity index (χ0v) is 10.8. The summed E-state index contributed by atoms with van der Waals surface area (Å²) in [7, 11) is 0. The average Bonchev–Trinajstić information content (AvgIpc) is 2.39. The molecule has 1 saturated heterocycles. The van der Waals surface area contributed by atoms with Gasteiger partial charge in [0.25, 0.3) is 0 Å². The zero-order valence-electron chi connectivity index (χ0n) is 10.8. The van der Waals surface area contributed by atoms with Crippen LogP contribution in [0, 0.1) is 0 Å². The Morgan fingerprint density at radius 3 is 2.53 bits per heavy atom. The van der Waals surface area contributed by atoms with Crippen molar-refractivity contribution in [3.8, 4) is 0 Å². The Hall–Kier alpha value is -1.29. The molecule has 2 heterocycles. The van der Waals surface area contributed by atoms with Crippen LogP contribution in [0.5, 0.6) is 0 Å². The predicted octanol–water partition coefficient (Wildman–Crippen LogP) is 1.58. The first kappa shape index (κ1) is 12.2. The Bertz CT molecular complexity index is 341. The van der Waals surface area contributed by atoms with E-state index in [1.807, 2.05) is 12.1 Å². The summed E-state index contributed by atoms with van der Waals surface area (Å²) in [6.45, 7) is 8.92. The molecule has 1 aromatic rings. The molecule has 1 fully saturated rings. The summed E-state index contributed by atoms with van der Waals surface area (Å²) in [5.41, 5.74) is 6.38. The van der Waals surface area contributed by atoms with E-state index in [0.29, 0.717) is 6.04 Å². The van der Waals surface area contributed by atoms with Gasteiger partial charge in [-0.25, -0.2) is 4.98 Å². The minimum Gasteiger partial charge on any atom is -0.397 e. The molecule has 1 unspecified atom stereocenters. The molecule has 4 heteroatoms. The highest BCUT2D eigenvalue weighted by Gasteiger charge is 2.20. The van der Waals surface area contributed by atoms with Crippen LogP contribution in [0.3, 0.4) is 0 Å². The highest BCUT2D eigenvalue weighted by molar-refractivity contribution is 5.46. The highest BCUT2D eigenvalue weighted by Crippen LogP contribution is 2.16. The second kappa shape index (κ2) is 5.36. The fourth-order valence-corrected chi connectivity index (χ4v) is 2.23. The zero-order chi connectivity index (χ0) is 12.3. The van der Waals surface area contributed by atoms with Gasteiger partial charge in [0.15, 0.2) is 0 Å². The number of nitrogens with two attached hydrogens (primary N) is 1. The molecule has 0 radical (unpaired) electrons. The van der Waals surface area contributed by atoms with E-state index in [9.17, 15) is 0 Å². The molecular formula is C13H22N4. The van der Waals surface area contributed by atoms with Gasteiger partial charge in [0.2, 0.25) is 0 Å². The van der Waals surface area contributed by atoms with Crippen molar-refractivity contribution in [1.82, 2.24) is 9.88 Å². The van der Waals surface area contributed by atoms with Crippen LogP contribution < -0.4 is 10.6 Å². The van der Waals surface area contributed by atoms with Gasteiger partial charge in [-0.05, 0) is 25.5 Å².